The predicted octanol–water partition coefficient (Wildman–Crippen LogP) is 4.37. The van der Waals surface area contributed by atoms with E-state index >= 15 is 0 Å². The van der Waals surface area contributed by atoms with Crippen molar-refractivity contribution >= 4 is 29.7 Å². The van der Waals surface area contributed by atoms with Gasteiger partial charge in [-0.3, -0.25) is 5.32 Å². The lowest BCUT2D eigenvalue weighted by Gasteiger charge is -2.30. The number of amides is 2. The van der Waals surface area contributed by atoms with E-state index in [9.17, 15) is 19.2 Å². The SMILES string of the molecule is CCOC(=O)C(C/C=C(\CNC(=O)OC(C)(C)C)c1ccccc1)(NC(=O)OC(C)(C)C)C(=O)OCC. The molecule has 0 bridgehead atoms. The Morgan fingerprint density at radius 1 is 0.784 bits per heavy atom. The summed E-state index contributed by atoms with van der Waals surface area (Å²) >= 11 is 0. The lowest BCUT2D eigenvalue weighted by molar-refractivity contribution is -0.166. The standard InChI is InChI=1S/C27H40N2O8/c1-9-34-21(30)27(22(31)35-10-2,29-24(33)37-26(6,7)8)17-16-20(19-14-12-11-13-15-19)18-28-23(32)36-25(3,4)5/h11-16H,9-10,17-18H2,1-8H3,(H,28,32)(H,29,33)/b20-16+. The maximum atomic E-state index is 13.1. The van der Waals surface area contributed by atoms with Gasteiger partial charge in [-0.25, -0.2) is 19.2 Å². The number of nitrogens with one attached hydrogen (secondary N) is 2. The molecule has 0 unspecified atom stereocenters. The molecule has 10 nitrogen and oxygen atoms in total. The highest BCUT2D eigenvalue weighted by atomic mass is 16.6. The van der Waals surface area contributed by atoms with Crippen molar-refractivity contribution in [3.05, 3.63) is 42.0 Å². The van der Waals surface area contributed by atoms with Crippen LogP contribution in [-0.4, -0.2) is 60.6 Å². The number of hydrogen-bond acceptors (Lipinski definition) is 8. The van der Waals surface area contributed by atoms with Crippen molar-refractivity contribution in [3.8, 4) is 0 Å². The van der Waals surface area contributed by atoms with Crippen molar-refractivity contribution in [1.82, 2.24) is 10.6 Å². The number of rotatable bonds is 10. The third-order valence-corrected chi connectivity index (χ3v) is 4.58. The van der Waals surface area contributed by atoms with Crippen LogP contribution >= 0.6 is 0 Å². The highest BCUT2D eigenvalue weighted by Crippen LogP contribution is 2.23. The van der Waals surface area contributed by atoms with Gasteiger partial charge in [0.25, 0.3) is 0 Å². The summed E-state index contributed by atoms with van der Waals surface area (Å²) in [6.07, 6.45) is -0.388. The molecule has 1 rings (SSSR count). The van der Waals surface area contributed by atoms with Gasteiger partial charge in [0.15, 0.2) is 0 Å². The minimum absolute atomic E-state index is 0.0209. The van der Waals surface area contributed by atoms with Gasteiger partial charge in [0.1, 0.15) is 11.2 Å². The molecule has 0 atom stereocenters. The van der Waals surface area contributed by atoms with Crippen LogP contribution < -0.4 is 10.6 Å². The van der Waals surface area contributed by atoms with Crippen molar-refractivity contribution in [2.45, 2.75) is 78.6 Å². The quantitative estimate of drug-likeness (QED) is 0.264. The molecule has 10 heteroatoms. The third kappa shape index (κ3) is 10.9. The molecule has 0 aliphatic rings. The minimum atomic E-state index is -2.22. The minimum Gasteiger partial charge on any atom is -0.464 e. The molecule has 0 aliphatic carbocycles. The van der Waals surface area contributed by atoms with Crippen molar-refractivity contribution in [2.24, 2.45) is 0 Å². The maximum Gasteiger partial charge on any atom is 0.409 e. The number of carbonyl (C=O) groups is 4. The van der Waals surface area contributed by atoms with Crippen molar-refractivity contribution in [2.75, 3.05) is 19.8 Å². The van der Waals surface area contributed by atoms with E-state index in [0.29, 0.717) is 5.57 Å². The largest absolute Gasteiger partial charge is 0.464 e. The zero-order valence-corrected chi connectivity index (χ0v) is 23.1. The van der Waals surface area contributed by atoms with Gasteiger partial charge in [-0.15, -0.1) is 0 Å². The van der Waals surface area contributed by atoms with Crippen LogP contribution in [-0.2, 0) is 28.5 Å². The predicted molar refractivity (Wildman–Crippen MR) is 139 cm³/mol. The van der Waals surface area contributed by atoms with E-state index in [0.717, 1.165) is 5.56 Å². The van der Waals surface area contributed by atoms with E-state index < -0.39 is 40.9 Å². The van der Waals surface area contributed by atoms with E-state index in [2.05, 4.69) is 10.6 Å². The molecule has 0 heterocycles. The zero-order valence-electron chi connectivity index (χ0n) is 23.1. The number of ether oxygens (including phenoxy) is 4. The molecular weight excluding hydrogens is 480 g/mol. The van der Waals surface area contributed by atoms with Gasteiger partial charge in [-0.1, -0.05) is 36.4 Å². The van der Waals surface area contributed by atoms with Crippen LogP contribution in [0, 0.1) is 0 Å². The fraction of sp³-hybridized carbons (Fsp3) is 0.556. The second kappa shape index (κ2) is 13.7. The first-order valence-corrected chi connectivity index (χ1v) is 12.2. The summed E-state index contributed by atoms with van der Waals surface area (Å²) in [5.41, 5.74) is -2.52. The molecule has 0 aromatic heterocycles. The first kappa shape index (κ1) is 31.5. The van der Waals surface area contributed by atoms with E-state index in [-0.39, 0.29) is 26.2 Å². The number of benzene rings is 1. The second-order valence-electron chi connectivity index (χ2n) is 10.1. The highest BCUT2D eigenvalue weighted by Gasteiger charge is 2.50. The topological polar surface area (TPSA) is 129 Å². The molecule has 1 aromatic carbocycles. The molecule has 0 saturated heterocycles. The molecule has 0 saturated carbocycles. The summed E-state index contributed by atoms with van der Waals surface area (Å²) in [6, 6.07) is 9.05. The van der Waals surface area contributed by atoms with Crippen LogP contribution in [0.2, 0.25) is 0 Å². The lowest BCUT2D eigenvalue weighted by Crippen LogP contribution is -2.62. The fourth-order valence-corrected chi connectivity index (χ4v) is 3.09. The van der Waals surface area contributed by atoms with Crippen LogP contribution in [0.4, 0.5) is 9.59 Å². The molecule has 0 fully saturated rings. The van der Waals surface area contributed by atoms with Crippen LogP contribution in [0.15, 0.2) is 36.4 Å². The average Bonchev–Trinajstić information content (AvgIpc) is 2.76. The summed E-state index contributed by atoms with van der Waals surface area (Å²) in [5.74, 6) is -1.99. The second-order valence-corrected chi connectivity index (χ2v) is 10.1. The summed E-state index contributed by atoms with van der Waals surface area (Å²) in [4.78, 5) is 51.3. The Balaban J connectivity index is 3.47. The number of esters is 2. The molecule has 0 radical (unpaired) electrons. The van der Waals surface area contributed by atoms with E-state index in [4.69, 9.17) is 18.9 Å². The average molecular weight is 521 g/mol. The van der Waals surface area contributed by atoms with Crippen molar-refractivity contribution in [3.63, 3.8) is 0 Å². The van der Waals surface area contributed by atoms with E-state index in [1.54, 1.807) is 85.7 Å². The van der Waals surface area contributed by atoms with Crippen LogP contribution in [0.5, 0.6) is 0 Å². The van der Waals surface area contributed by atoms with Gasteiger partial charge in [0.05, 0.1) is 13.2 Å². The van der Waals surface area contributed by atoms with Gasteiger partial charge < -0.3 is 24.3 Å². The Bertz CT molecular complexity index is 941. The third-order valence-electron chi connectivity index (χ3n) is 4.58. The molecule has 206 valence electrons. The molecule has 2 N–H and O–H groups in total. The molecule has 0 spiro atoms. The highest BCUT2D eigenvalue weighted by molar-refractivity contribution is 6.07. The zero-order chi connectivity index (χ0) is 28.3. The first-order chi connectivity index (χ1) is 17.1. The Hall–Kier alpha value is -3.56. The summed E-state index contributed by atoms with van der Waals surface area (Å²) in [6.45, 7) is 13.3. The van der Waals surface area contributed by atoms with E-state index in [1.165, 1.54) is 0 Å². The van der Waals surface area contributed by atoms with Gasteiger partial charge in [0, 0.05) is 13.0 Å². The number of hydrogen-bond donors (Lipinski definition) is 2. The van der Waals surface area contributed by atoms with Crippen LogP contribution in [0.3, 0.4) is 0 Å². The first-order valence-electron chi connectivity index (χ1n) is 12.2. The number of alkyl carbamates (subject to hydrolysis) is 2. The van der Waals surface area contributed by atoms with Gasteiger partial charge >= 0.3 is 24.1 Å². The number of carbonyl (C=O) groups excluding carboxylic acids is 4. The molecule has 2 amide bonds. The fourth-order valence-electron chi connectivity index (χ4n) is 3.09. The summed E-state index contributed by atoms with van der Waals surface area (Å²) < 4.78 is 21.0. The Morgan fingerprint density at radius 2 is 1.27 bits per heavy atom. The van der Waals surface area contributed by atoms with E-state index in [1.807, 2.05) is 6.07 Å². The summed E-state index contributed by atoms with van der Waals surface area (Å²) in [7, 11) is 0. The normalized spacial score (nSPS) is 12.3. The Labute approximate surface area is 219 Å². The van der Waals surface area contributed by atoms with Gasteiger partial charge in [-0.05, 0) is 66.5 Å². The smallest absolute Gasteiger partial charge is 0.409 e. The molecular formula is C27H40N2O8. The van der Waals surface area contributed by atoms with Gasteiger partial charge in [-0.2, -0.15) is 0 Å². The van der Waals surface area contributed by atoms with Crippen LogP contribution in [0.25, 0.3) is 5.57 Å². The lowest BCUT2D eigenvalue weighted by atomic mass is 9.92. The Morgan fingerprint density at radius 3 is 1.73 bits per heavy atom. The van der Waals surface area contributed by atoms with Gasteiger partial charge in [0.2, 0.25) is 5.54 Å². The maximum absolute atomic E-state index is 13.1. The Kier molecular flexibility index (Phi) is 11.6. The monoisotopic (exact) mass is 520 g/mol. The molecule has 1 aromatic rings. The van der Waals surface area contributed by atoms with Crippen molar-refractivity contribution < 1.29 is 38.1 Å². The molecule has 37 heavy (non-hydrogen) atoms. The van der Waals surface area contributed by atoms with Crippen LogP contribution in [0.1, 0.15) is 67.4 Å². The molecule has 0 aliphatic heterocycles. The van der Waals surface area contributed by atoms with Crippen molar-refractivity contribution in [1.29, 1.82) is 0 Å². The summed E-state index contributed by atoms with van der Waals surface area (Å²) in [5, 5.41) is 5.07.